The third kappa shape index (κ3) is 1.74. The first-order valence-electron chi connectivity index (χ1n) is 4.41. The molecule has 2 rings (SSSR count). The van der Waals surface area contributed by atoms with E-state index in [2.05, 4.69) is 4.98 Å². The van der Waals surface area contributed by atoms with Crippen molar-refractivity contribution in [2.45, 2.75) is 0 Å². The number of halogens is 1. The van der Waals surface area contributed by atoms with E-state index in [9.17, 15) is 9.18 Å². The average molecular weight is 204 g/mol. The largest absolute Gasteiger partial charge is 0.396 e. The second-order valence-corrected chi connectivity index (χ2v) is 3.17. The molecular formula is C11H9FN2O. The van der Waals surface area contributed by atoms with E-state index >= 15 is 0 Å². The Balaban J connectivity index is 2.39. The molecule has 0 fully saturated rings. The zero-order valence-electron chi connectivity index (χ0n) is 7.83. The number of aromatic amines is 1. The van der Waals surface area contributed by atoms with E-state index in [0.717, 1.165) is 0 Å². The summed E-state index contributed by atoms with van der Waals surface area (Å²) in [5.41, 5.74) is 6.27. The van der Waals surface area contributed by atoms with Crippen LogP contribution < -0.4 is 5.73 Å². The molecular weight excluding hydrogens is 195 g/mol. The van der Waals surface area contributed by atoms with E-state index in [-0.39, 0.29) is 11.5 Å². The van der Waals surface area contributed by atoms with Crippen LogP contribution in [0, 0.1) is 5.82 Å². The van der Waals surface area contributed by atoms with Crippen LogP contribution in [0.4, 0.5) is 10.1 Å². The molecule has 76 valence electrons. The Kier molecular flexibility index (Phi) is 2.25. The molecule has 0 radical (unpaired) electrons. The molecule has 15 heavy (non-hydrogen) atoms. The van der Waals surface area contributed by atoms with Gasteiger partial charge in [0.05, 0.1) is 5.69 Å². The number of anilines is 1. The molecule has 0 aliphatic heterocycles. The van der Waals surface area contributed by atoms with Crippen LogP contribution in [0.2, 0.25) is 0 Å². The van der Waals surface area contributed by atoms with Gasteiger partial charge < -0.3 is 10.7 Å². The summed E-state index contributed by atoms with van der Waals surface area (Å²) in [5, 5.41) is 0. The number of nitrogen functional groups attached to an aromatic ring is 1. The molecule has 1 heterocycles. The molecule has 4 heteroatoms. The zero-order chi connectivity index (χ0) is 10.8. The third-order valence-corrected chi connectivity index (χ3v) is 2.12. The lowest BCUT2D eigenvalue weighted by molar-refractivity contribution is 0.103. The third-order valence-electron chi connectivity index (χ3n) is 2.12. The SMILES string of the molecule is Nc1cc(C(=O)c2cc[nH]c2)ccc1F. The van der Waals surface area contributed by atoms with Gasteiger partial charge in [-0.1, -0.05) is 0 Å². The highest BCUT2D eigenvalue weighted by molar-refractivity contribution is 6.09. The molecule has 0 aliphatic carbocycles. The minimum Gasteiger partial charge on any atom is -0.396 e. The van der Waals surface area contributed by atoms with Gasteiger partial charge in [-0.05, 0) is 24.3 Å². The Morgan fingerprint density at radius 2 is 2.07 bits per heavy atom. The fourth-order valence-electron chi connectivity index (χ4n) is 1.32. The number of ketones is 1. The molecule has 1 aromatic heterocycles. The Morgan fingerprint density at radius 1 is 1.27 bits per heavy atom. The van der Waals surface area contributed by atoms with Gasteiger partial charge in [-0.3, -0.25) is 4.79 Å². The van der Waals surface area contributed by atoms with Crippen molar-refractivity contribution in [3.05, 3.63) is 53.6 Å². The van der Waals surface area contributed by atoms with E-state index in [4.69, 9.17) is 5.73 Å². The number of nitrogens with two attached hydrogens (primary N) is 1. The lowest BCUT2D eigenvalue weighted by Crippen LogP contribution is -2.01. The minimum absolute atomic E-state index is 0.0172. The zero-order valence-corrected chi connectivity index (χ0v) is 7.83. The van der Waals surface area contributed by atoms with Crippen molar-refractivity contribution in [3.8, 4) is 0 Å². The highest BCUT2D eigenvalue weighted by Gasteiger charge is 2.10. The van der Waals surface area contributed by atoms with Crippen molar-refractivity contribution in [2.75, 3.05) is 5.73 Å². The number of H-pyrrole nitrogens is 1. The summed E-state index contributed by atoms with van der Waals surface area (Å²) in [6.45, 7) is 0. The molecule has 0 saturated heterocycles. The molecule has 0 aliphatic rings. The summed E-state index contributed by atoms with van der Waals surface area (Å²) < 4.78 is 12.9. The first-order valence-corrected chi connectivity index (χ1v) is 4.41. The van der Waals surface area contributed by atoms with Crippen molar-refractivity contribution < 1.29 is 9.18 Å². The van der Waals surface area contributed by atoms with Crippen LogP contribution in [0.1, 0.15) is 15.9 Å². The maximum Gasteiger partial charge on any atom is 0.194 e. The highest BCUT2D eigenvalue weighted by atomic mass is 19.1. The minimum atomic E-state index is -0.513. The van der Waals surface area contributed by atoms with Crippen LogP contribution in [0.5, 0.6) is 0 Å². The second kappa shape index (κ2) is 3.57. The number of rotatable bonds is 2. The van der Waals surface area contributed by atoms with Crippen molar-refractivity contribution in [1.29, 1.82) is 0 Å². The summed E-state index contributed by atoms with van der Waals surface area (Å²) in [4.78, 5) is 14.6. The number of carbonyl (C=O) groups is 1. The standard InChI is InChI=1S/C11H9FN2O/c12-9-2-1-7(5-10(9)13)11(15)8-3-4-14-6-8/h1-6,14H,13H2. The van der Waals surface area contributed by atoms with Gasteiger partial charge in [0.15, 0.2) is 5.78 Å². The molecule has 0 unspecified atom stereocenters. The van der Waals surface area contributed by atoms with Crippen molar-refractivity contribution in [2.24, 2.45) is 0 Å². The number of hydrogen-bond acceptors (Lipinski definition) is 2. The van der Waals surface area contributed by atoms with Gasteiger partial charge in [0, 0.05) is 23.5 Å². The van der Waals surface area contributed by atoms with Gasteiger partial charge in [-0.2, -0.15) is 0 Å². The summed E-state index contributed by atoms with van der Waals surface area (Å²) in [7, 11) is 0. The number of aromatic nitrogens is 1. The fourth-order valence-corrected chi connectivity index (χ4v) is 1.32. The van der Waals surface area contributed by atoms with Crippen LogP contribution in [-0.4, -0.2) is 10.8 Å². The van der Waals surface area contributed by atoms with E-state index in [0.29, 0.717) is 11.1 Å². The van der Waals surface area contributed by atoms with Gasteiger partial charge in [-0.25, -0.2) is 4.39 Å². The van der Waals surface area contributed by atoms with Crippen LogP contribution in [0.3, 0.4) is 0 Å². The van der Waals surface area contributed by atoms with E-state index < -0.39 is 5.82 Å². The van der Waals surface area contributed by atoms with Crippen LogP contribution in [-0.2, 0) is 0 Å². The summed E-state index contributed by atoms with van der Waals surface area (Å²) in [6.07, 6.45) is 3.24. The van der Waals surface area contributed by atoms with E-state index in [1.807, 2.05) is 0 Å². The lowest BCUT2D eigenvalue weighted by atomic mass is 10.1. The predicted molar refractivity (Wildman–Crippen MR) is 55.0 cm³/mol. The maximum atomic E-state index is 12.9. The Morgan fingerprint density at radius 3 is 2.67 bits per heavy atom. The van der Waals surface area contributed by atoms with Crippen molar-refractivity contribution in [3.63, 3.8) is 0 Å². The Bertz CT molecular complexity index is 491. The lowest BCUT2D eigenvalue weighted by Gasteiger charge is -2.00. The highest BCUT2D eigenvalue weighted by Crippen LogP contribution is 2.15. The summed E-state index contributed by atoms with van der Waals surface area (Å²) in [6, 6.07) is 5.60. The quantitative estimate of drug-likeness (QED) is 0.580. The van der Waals surface area contributed by atoms with Crippen molar-refractivity contribution >= 4 is 11.5 Å². The van der Waals surface area contributed by atoms with Crippen LogP contribution in [0.15, 0.2) is 36.7 Å². The first kappa shape index (κ1) is 9.45. The van der Waals surface area contributed by atoms with Gasteiger partial charge in [-0.15, -0.1) is 0 Å². The first-order chi connectivity index (χ1) is 7.18. The van der Waals surface area contributed by atoms with Gasteiger partial charge >= 0.3 is 0 Å². The average Bonchev–Trinajstić information content (AvgIpc) is 2.74. The molecule has 0 amide bonds. The topological polar surface area (TPSA) is 58.9 Å². The summed E-state index contributed by atoms with van der Waals surface area (Å²) in [5.74, 6) is -0.691. The van der Waals surface area contributed by atoms with E-state index in [1.54, 1.807) is 18.5 Å². The molecule has 0 saturated carbocycles. The Labute approximate surface area is 85.7 Å². The molecule has 3 N–H and O–H groups in total. The molecule has 2 aromatic rings. The predicted octanol–water partition coefficient (Wildman–Crippen LogP) is 1.97. The molecule has 3 nitrogen and oxygen atoms in total. The number of carbonyl (C=O) groups excluding carboxylic acids is 1. The van der Waals surface area contributed by atoms with Gasteiger partial charge in [0.1, 0.15) is 5.82 Å². The normalized spacial score (nSPS) is 10.2. The van der Waals surface area contributed by atoms with Crippen LogP contribution in [0.25, 0.3) is 0 Å². The van der Waals surface area contributed by atoms with Gasteiger partial charge in [0.25, 0.3) is 0 Å². The number of benzene rings is 1. The number of hydrogen-bond donors (Lipinski definition) is 2. The van der Waals surface area contributed by atoms with Crippen LogP contribution >= 0.6 is 0 Å². The van der Waals surface area contributed by atoms with E-state index in [1.165, 1.54) is 18.2 Å². The number of nitrogens with one attached hydrogen (secondary N) is 1. The fraction of sp³-hybridized carbons (Fsp3) is 0. The maximum absolute atomic E-state index is 12.9. The molecule has 0 atom stereocenters. The second-order valence-electron chi connectivity index (χ2n) is 3.17. The van der Waals surface area contributed by atoms with Gasteiger partial charge in [0.2, 0.25) is 0 Å². The van der Waals surface area contributed by atoms with Crippen molar-refractivity contribution in [1.82, 2.24) is 4.98 Å². The summed E-state index contributed by atoms with van der Waals surface area (Å²) >= 11 is 0. The molecule has 0 spiro atoms. The monoisotopic (exact) mass is 204 g/mol. The molecule has 1 aromatic carbocycles. The smallest absolute Gasteiger partial charge is 0.194 e. The molecule has 0 bridgehead atoms. The Hall–Kier alpha value is -2.10.